The van der Waals surface area contributed by atoms with Crippen molar-refractivity contribution in [2.75, 3.05) is 20.2 Å². The van der Waals surface area contributed by atoms with E-state index in [1.54, 1.807) is 11.0 Å². The van der Waals surface area contributed by atoms with E-state index in [1.165, 1.54) is 7.11 Å². The molecule has 0 spiro atoms. The summed E-state index contributed by atoms with van der Waals surface area (Å²) < 4.78 is 4.52. The summed E-state index contributed by atoms with van der Waals surface area (Å²) in [5.74, 6) is -0.345. The SMILES string of the molecule is C=CCN(CCC(=O)OC)C(=O)C(C)C. The van der Waals surface area contributed by atoms with Gasteiger partial charge in [-0.25, -0.2) is 0 Å². The van der Waals surface area contributed by atoms with Gasteiger partial charge in [0.05, 0.1) is 13.5 Å². The Morgan fingerprint density at radius 2 is 2.07 bits per heavy atom. The Labute approximate surface area is 90.9 Å². The van der Waals surface area contributed by atoms with Crippen molar-refractivity contribution < 1.29 is 14.3 Å². The lowest BCUT2D eigenvalue weighted by atomic mass is 10.2. The largest absolute Gasteiger partial charge is 0.469 e. The Balaban J connectivity index is 4.21. The Hall–Kier alpha value is -1.32. The highest BCUT2D eigenvalue weighted by Crippen LogP contribution is 2.03. The fraction of sp³-hybridized carbons (Fsp3) is 0.636. The zero-order valence-corrected chi connectivity index (χ0v) is 9.66. The number of carbonyl (C=O) groups is 2. The fourth-order valence-electron chi connectivity index (χ4n) is 1.14. The zero-order valence-electron chi connectivity index (χ0n) is 9.66. The number of methoxy groups -OCH3 is 1. The molecule has 0 aliphatic heterocycles. The first kappa shape index (κ1) is 13.7. The Kier molecular flexibility index (Phi) is 6.42. The molecule has 0 bridgehead atoms. The number of hydrogen-bond acceptors (Lipinski definition) is 3. The summed E-state index contributed by atoms with van der Waals surface area (Å²) in [5.41, 5.74) is 0. The maximum Gasteiger partial charge on any atom is 0.307 e. The van der Waals surface area contributed by atoms with Gasteiger partial charge in [0.15, 0.2) is 0 Å². The van der Waals surface area contributed by atoms with Crippen molar-refractivity contribution in [1.82, 2.24) is 4.90 Å². The number of nitrogens with zero attached hydrogens (tertiary/aromatic N) is 1. The standard InChI is InChI=1S/C11H19NO3/c1-5-7-12(11(14)9(2)3)8-6-10(13)15-4/h5,9H,1,6-8H2,2-4H3. The van der Waals surface area contributed by atoms with Crippen LogP contribution in [0.3, 0.4) is 0 Å². The second kappa shape index (κ2) is 7.04. The minimum Gasteiger partial charge on any atom is -0.469 e. The summed E-state index contributed by atoms with van der Waals surface area (Å²) in [6.07, 6.45) is 1.88. The summed E-state index contributed by atoms with van der Waals surface area (Å²) >= 11 is 0. The first-order chi connectivity index (χ1) is 7.02. The average molecular weight is 213 g/mol. The number of ether oxygens (including phenoxy) is 1. The zero-order chi connectivity index (χ0) is 11.8. The van der Waals surface area contributed by atoms with Crippen molar-refractivity contribution in [3.05, 3.63) is 12.7 Å². The van der Waals surface area contributed by atoms with Gasteiger partial charge in [0.1, 0.15) is 0 Å². The number of esters is 1. The summed E-state index contributed by atoms with van der Waals surface area (Å²) in [6.45, 7) is 8.09. The van der Waals surface area contributed by atoms with E-state index in [9.17, 15) is 9.59 Å². The number of amides is 1. The normalized spacial score (nSPS) is 9.87. The molecular weight excluding hydrogens is 194 g/mol. The summed E-state index contributed by atoms with van der Waals surface area (Å²) in [7, 11) is 1.34. The second-order valence-corrected chi connectivity index (χ2v) is 3.55. The summed E-state index contributed by atoms with van der Waals surface area (Å²) in [4.78, 5) is 24.2. The third kappa shape index (κ3) is 5.20. The molecule has 0 saturated carbocycles. The quantitative estimate of drug-likeness (QED) is 0.492. The van der Waals surface area contributed by atoms with Crippen LogP contribution in [0.25, 0.3) is 0 Å². The molecule has 4 heteroatoms. The van der Waals surface area contributed by atoms with E-state index in [-0.39, 0.29) is 24.2 Å². The molecule has 0 radical (unpaired) electrons. The smallest absolute Gasteiger partial charge is 0.307 e. The predicted octanol–water partition coefficient (Wildman–Crippen LogP) is 1.22. The fourth-order valence-corrected chi connectivity index (χ4v) is 1.14. The number of rotatable bonds is 6. The van der Waals surface area contributed by atoms with Crippen molar-refractivity contribution in [2.45, 2.75) is 20.3 Å². The molecule has 4 nitrogen and oxygen atoms in total. The minimum atomic E-state index is -0.305. The Bertz CT molecular complexity index is 236. The van der Waals surface area contributed by atoms with Gasteiger partial charge in [0, 0.05) is 19.0 Å². The molecule has 0 aliphatic carbocycles. The van der Waals surface area contributed by atoms with Crippen molar-refractivity contribution in [3.8, 4) is 0 Å². The second-order valence-electron chi connectivity index (χ2n) is 3.55. The number of carbonyl (C=O) groups excluding carboxylic acids is 2. The van der Waals surface area contributed by atoms with Gasteiger partial charge < -0.3 is 9.64 Å². The molecule has 0 aliphatic rings. The lowest BCUT2D eigenvalue weighted by Crippen LogP contribution is -2.36. The maximum atomic E-state index is 11.7. The molecule has 0 heterocycles. The van der Waals surface area contributed by atoms with E-state index in [1.807, 2.05) is 13.8 Å². The third-order valence-electron chi connectivity index (χ3n) is 1.97. The van der Waals surface area contributed by atoms with Crippen LogP contribution in [0.2, 0.25) is 0 Å². The van der Waals surface area contributed by atoms with Crippen LogP contribution in [0.15, 0.2) is 12.7 Å². The number of hydrogen-bond donors (Lipinski definition) is 0. The van der Waals surface area contributed by atoms with Gasteiger partial charge in [0.2, 0.25) is 5.91 Å². The van der Waals surface area contributed by atoms with Crippen LogP contribution < -0.4 is 0 Å². The van der Waals surface area contributed by atoms with Gasteiger partial charge in [-0.15, -0.1) is 6.58 Å². The molecule has 86 valence electrons. The highest BCUT2D eigenvalue weighted by atomic mass is 16.5. The first-order valence-corrected chi connectivity index (χ1v) is 4.99. The van der Waals surface area contributed by atoms with Crippen LogP contribution in [0.5, 0.6) is 0 Å². The van der Waals surface area contributed by atoms with E-state index < -0.39 is 0 Å². The van der Waals surface area contributed by atoms with Crippen LogP contribution in [-0.2, 0) is 14.3 Å². The summed E-state index contributed by atoms with van der Waals surface area (Å²) in [6, 6.07) is 0. The van der Waals surface area contributed by atoms with Gasteiger partial charge in [-0.1, -0.05) is 19.9 Å². The molecule has 0 N–H and O–H groups in total. The Morgan fingerprint density at radius 3 is 2.47 bits per heavy atom. The van der Waals surface area contributed by atoms with Crippen molar-refractivity contribution >= 4 is 11.9 Å². The molecule has 0 saturated heterocycles. The van der Waals surface area contributed by atoms with Gasteiger partial charge in [0.25, 0.3) is 0 Å². The van der Waals surface area contributed by atoms with E-state index >= 15 is 0 Å². The summed E-state index contributed by atoms with van der Waals surface area (Å²) in [5, 5.41) is 0. The average Bonchev–Trinajstić information content (AvgIpc) is 2.22. The van der Waals surface area contributed by atoms with E-state index in [4.69, 9.17) is 0 Å². The van der Waals surface area contributed by atoms with Crippen LogP contribution in [0.1, 0.15) is 20.3 Å². The van der Waals surface area contributed by atoms with E-state index in [2.05, 4.69) is 11.3 Å². The van der Waals surface area contributed by atoms with Crippen LogP contribution in [-0.4, -0.2) is 37.0 Å². The monoisotopic (exact) mass is 213 g/mol. The van der Waals surface area contributed by atoms with Crippen molar-refractivity contribution in [2.24, 2.45) is 5.92 Å². The van der Waals surface area contributed by atoms with Gasteiger partial charge >= 0.3 is 5.97 Å². The van der Waals surface area contributed by atoms with Gasteiger partial charge in [-0.2, -0.15) is 0 Å². The van der Waals surface area contributed by atoms with E-state index in [0.717, 1.165) is 0 Å². The first-order valence-electron chi connectivity index (χ1n) is 4.99. The molecule has 15 heavy (non-hydrogen) atoms. The van der Waals surface area contributed by atoms with Crippen LogP contribution in [0.4, 0.5) is 0 Å². The lowest BCUT2D eigenvalue weighted by molar-refractivity contribution is -0.142. The molecule has 0 aromatic heterocycles. The molecule has 0 unspecified atom stereocenters. The van der Waals surface area contributed by atoms with Gasteiger partial charge in [-0.3, -0.25) is 9.59 Å². The molecule has 0 rings (SSSR count). The molecule has 0 aromatic carbocycles. The molecular formula is C11H19NO3. The topological polar surface area (TPSA) is 46.6 Å². The Morgan fingerprint density at radius 1 is 1.47 bits per heavy atom. The predicted molar refractivity (Wildman–Crippen MR) is 58.2 cm³/mol. The van der Waals surface area contributed by atoms with Crippen molar-refractivity contribution in [1.29, 1.82) is 0 Å². The van der Waals surface area contributed by atoms with Crippen molar-refractivity contribution in [3.63, 3.8) is 0 Å². The molecule has 0 atom stereocenters. The van der Waals surface area contributed by atoms with E-state index in [0.29, 0.717) is 13.1 Å². The lowest BCUT2D eigenvalue weighted by Gasteiger charge is -2.22. The molecule has 0 fully saturated rings. The highest BCUT2D eigenvalue weighted by Gasteiger charge is 2.16. The van der Waals surface area contributed by atoms with Crippen LogP contribution >= 0.6 is 0 Å². The maximum absolute atomic E-state index is 11.7. The molecule has 0 aromatic rings. The van der Waals surface area contributed by atoms with Crippen LogP contribution in [0, 0.1) is 5.92 Å². The third-order valence-corrected chi connectivity index (χ3v) is 1.97. The minimum absolute atomic E-state index is 0.0267. The highest BCUT2D eigenvalue weighted by molar-refractivity contribution is 5.79. The molecule has 1 amide bonds. The van der Waals surface area contributed by atoms with Gasteiger partial charge in [-0.05, 0) is 0 Å².